The fourth-order valence-electron chi connectivity index (χ4n) is 4.13. The monoisotopic (exact) mass is 536 g/mol. The standard InChI is InChI=1S/C23H29ClN6O5S/c1-13(19(35-6)20-25-11-14(24)12-26-20)36(31,32)29-22-28-27-21(15-10-23(15,2)3)30(22)18-16(33-4)8-7-9-17(18)34-5/h7-9,11-13,15,19H,10H2,1-6H3,(H,28,29)/t13?,15-,19?/m0/s1. The summed E-state index contributed by atoms with van der Waals surface area (Å²) in [6.07, 6.45) is 2.69. The van der Waals surface area contributed by atoms with Gasteiger partial charge in [0.1, 0.15) is 34.4 Å². The van der Waals surface area contributed by atoms with Gasteiger partial charge in [0.05, 0.1) is 19.2 Å². The van der Waals surface area contributed by atoms with Crippen LogP contribution in [0.2, 0.25) is 5.02 Å². The number of hydrogen-bond acceptors (Lipinski definition) is 9. The SMILES string of the molecule is COc1cccc(OC)c1-n1c(NS(=O)(=O)C(C)C(OC)c2ncc(Cl)cn2)nnc1[C@@H]1CC1(C)C. The normalized spacial score (nSPS) is 18.4. The van der Waals surface area contributed by atoms with E-state index in [1.54, 1.807) is 22.8 Å². The number of anilines is 1. The molecule has 3 aromatic rings. The number of halogens is 1. The minimum absolute atomic E-state index is 0.00343. The molecule has 194 valence electrons. The predicted molar refractivity (Wildman–Crippen MR) is 134 cm³/mol. The van der Waals surface area contributed by atoms with Gasteiger partial charge in [-0.05, 0) is 30.9 Å². The summed E-state index contributed by atoms with van der Waals surface area (Å²) in [5.41, 5.74) is 0.496. The summed E-state index contributed by atoms with van der Waals surface area (Å²) >= 11 is 5.88. The number of benzene rings is 1. The van der Waals surface area contributed by atoms with Crippen molar-refractivity contribution in [1.82, 2.24) is 24.7 Å². The molecule has 1 aliphatic rings. The van der Waals surface area contributed by atoms with Crippen LogP contribution in [0.15, 0.2) is 30.6 Å². The Morgan fingerprint density at radius 2 is 1.69 bits per heavy atom. The second-order valence-electron chi connectivity index (χ2n) is 9.24. The lowest BCUT2D eigenvalue weighted by molar-refractivity contribution is 0.0950. The molecule has 0 radical (unpaired) electrons. The minimum atomic E-state index is -4.07. The van der Waals surface area contributed by atoms with Gasteiger partial charge in [0, 0.05) is 25.4 Å². The molecule has 0 spiro atoms. The van der Waals surface area contributed by atoms with Crippen LogP contribution in [0.3, 0.4) is 0 Å². The van der Waals surface area contributed by atoms with Crippen LogP contribution in [0, 0.1) is 5.41 Å². The van der Waals surface area contributed by atoms with E-state index >= 15 is 0 Å². The average Bonchev–Trinajstić information content (AvgIpc) is 3.30. The summed E-state index contributed by atoms with van der Waals surface area (Å²) in [5, 5.41) is 7.85. The van der Waals surface area contributed by atoms with Crippen LogP contribution in [0.1, 0.15) is 50.9 Å². The van der Waals surface area contributed by atoms with Gasteiger partial charge in [-0.3, -0.25) is 9.29 Å². The van der Waals surface area contributed by atoms with E-state index in [1.165, 1.54) is 40.6 Å². The van der Waals surface area contributed by atoms with Crippen molar-refractivity contribution < 1.29 is 22.6 Å². The highest BCUT2D eigenvalue weighted by Gasteiger charge is 2.50. The number of ether oxygens (including phenoxy) is 3. The van der Waals surface area contributed by atoms with Gasteiger partial charge in [-0.25, -0.2) is 18.4 Å². The van der Waals surface area contributed by atoms with Gasteiger partial charge < -0.3 is 14.2 Å². The molecule has 1 aromatic carbocycles. The van der Waals surface area contributed by atoms with Crippen molar-refractivity contribution in [2.24, 2.45) is 5.41 Å². The molecule has 36 heavy (non-hydrogen) atoms. The Kier molecular flexibility index (Phi) is 7.13. The molecule has 4 rings (SSSR count). The van der Waals surface area contributed by atoms with E-state index < -0.39 is 21.4 Å². The van der Waals surface area contributed by atoms with Crippen molar-refractivity contribution in [3.05, 3.63) is 47.3 Å². The first-order chi connectivity index (χ1) is 17.0. The highest BCUT2D eigenvalue weighted by Crippen LogP contribution is 2.59. The number of sulfonamides is 1. The molecule has 2 aromatic heterocycles. The first-order valence-corrected chi connectivity index (χ1v) is 13.1. The van der Waals surface area contributed by atoms with E-state index in [0.717, 1.165) is 6.42 Å². The van der Waals surface area contributed by atoms with Gasteiger partial charge in [0.2, 0.25) is 16.0 Å². The third kappa shape index (κ3) is 4.84. The summed E-state index contributed by atoms with van der Waals surface area (Å²) < 4.78 is 48.0. The van der Waals surface area contributed by atoms with Gasteiger partial charge >= 0.3 is 0 Å². The van der Waals surface area contributed by atoms with Crippen molar-refractivity contribution in [1.29, 1.82) is 0 Å². The van der Waals surface area contributed by atoms with E-state index in [4.69, 9.17) is 25.8 Å². The van der Waals surface area contributed by atoms with Crippen LogP contribution in [-0.2, 0) is 14.8 Å². The molecule has 0 bridgehead atoms. The van der Waals surface area contributed by atoms with Crippen LogP contribution < -0.4 is 14.2 Å². The Morgan fingerprint density at radius 3 is 2.19 bits per heavy atom. The molecule has 1 saturated carbocycles. The first-order valence-electron chi connectivity index (χ1n) is 11.2. The van der Waals surface area contributed by atoms with Crippen molar-refractivity contribution in [2.75, 3.05) is 26.1 Å². The summed E-state index contributed by atoms with van der Waals surface area (Å²) in [6, 6.07) is 5.31. The molecule has 1 aliphatic carbocycles. The molecule has 11 nitrogen and oxygen atoms in total. The number of rotatable bonds is 10. The number of para-hydroxylation sites is 1. The fourth-order valence-corrected chi connectivity index (χ4v) is 5.36. The molecule has 13 heteroatoms. The number of hydrogen-bond donors (Lipinski definition) is 1. The zero-order valence-corrected chi connectivity index (χ0v) is 22.5. The van der Waals surface area contributed by atoms with Crippen molar-refractivity contribution in [3.8, 4) is 17.2 Å². The van der Waals surface area contributed by atoms with Gasteiger partial charge in [-0.1, -0.05) is 31.5 Å². The largest absolute Gasteiger partial charge is 0.494 e. The van der Waals surface area contributed by atoms with E-state index in [9.17, 15) is 8.42 Å². The summed E-state index contributed by atoms with van der Waals surface area (Å²) in [4.78, 5) is 8.25. The maximum atomic E-state index is 13.5. The fraction of sp³-hybridized carbons (Fsp3) is 0.478. The quantitative estimate of drug-likeness (QED) is 0.411. The molecule has 2 unspecified atom stereocenters. The topological polar surface area (TPSA) is 130 Å². The third-order valence-electron chi connectivity index (χ3n) is 6.44. The Balaban J connectivity index is 1.78. The Morgan fingerprint density at radius 1 is 1.11 bits per heavy atom. The number of methoxy groups -OCH3 is 3. The van der Waals surface area contributed by atoms with Crippen molar-refractivity contribution >= 4 is 27.6 Å². The molecule has 1 N–H and O–H groups in total. The lowest BCUT2D eigenvalue weighted by atomic mass is 10.1. The van der Waals surface area contributed by atoms with E-state index in [1.807, 2.05) is 0 Å². The maximum Gasteiger partial charge on any atom is 0.243 e. The highest BCUT2D eigenvalue weighted by atomic mass is 35.5. The molecular formula is C23H29ClN6O5S. The summed E-state index contributed by atoms with van der Waals surface area (Å²) in [7, 11) is 0.391. The van der Waals surface area contributed by atoms with Crippen LogP contribution in [0.4, 0.5) is 5.95 Å². The average molecular weight is 537 g/mol. The Hall–Kier alpha value is -2.96. The van der Waals surface area contributed by atoms with Gasteiger partial charge in [0.25, 0.3) is 0 Å². The lowest BCUT2D eigenvalue weighted by Crippen LogP contribution is -2.33. The summed E-state index contributed by atoms with van der Waals surface area (Å²) in [5.74, 6) is 1.84. The van der Waals surface area contributed by atoms with Crippen LogP contribution in [0.25, 0.3) is 5.69 Å². The van der Waals surface area contributed by atoms with Gasteiger partial charge in [-0.15, -0.1) is 10.2 Å². The second kappa shape index (κ2) is 9.83. The number of aromatic nitrogens is 5. The smallest absolute Gasteiger partial charge is 0.243 e. The minimum Gasteiger partial charge on any atom is -0.494 e. The second-order valence-corrected chi connectivity index (χ2v) is 11.7. The van der Waals surface area contributed by atoms with E-state index in [0.29, 0.717) is 28.0 Å². The number of nitrogens with one attached hydrogen (secondary N) is 1. The number of nitrogens with zero attached hydrogens (tertiary/aromatic N) is 5. The molecule has 0 amide bonds. The molecule has 0 saturated heterocycles. The highest BCUT2D eigenvalue weighted by molar-refractivity contribution is 7.93. The predicted octanol–water partition coefficient (Wildman–Crippen LogP) is 3.76. The van der Waals surface area contributed by atoms with Gasteiger partial charge in [0.15, 0.2) is 5.82 Å². The van der Waals surface area contributed by atoms with Crippen LogP contribution >= 0.6 is 11.6 Å². The molecular weight excluding hydrogens is 508 g/mol. The Labute approximate surface area is 215 Å². The molecule has 3 atom stereocenters. The van der Waals surface area contributed by atoms with E-state index in [2.05, 4.69) is 38.7 Å². The third-order valence-corrected chi connectivity index (χ3v) is 8.33. The van der Waals surface area contributed by atoms with Crippen molar-refractivity contribution in [3.63, 3.8) is 0 Å². The van der Waals surface area contributed by atoms with Crippen molar-refractivity contribution in [2.45, 2.75) is 44.5 Å². The van der Waals surface area contributed by atoms with Gasteiger partial charge in [-0.2, -0.15) is 0 Å². The van der Waals surface area contributed by atoms with E-state index in [-0.39, 0.29) is 23.1 Å². The first kappa shape index (κ1) is 26.1. The molecule has 0 aliphatic heterocycles. The zero-order chi connectivity index (χ0) is 26.3. The van der Waals surface area contributed by atoms with Crippen LogP contribution in [-0.4, -0.2) is 59.7 Å². The van der Waals surface area contributed by atoms with Crippen LogP contribution in [0.5, 0.6) is 11.5 Å². The Bertz CT molecular complexity index is 1320. The zero-order valence-electron chi connectivity index (χ0n) is 20.9. The maximum absolute atomic E-state index is 13.5. The molecule has 1 fully saturated rings. The summed E-state index contributed by atoms with van der Waals surface area (Å²) in [6.45, 7) is 5.75. The molecule has 2 heterocycles. The lowest BCUT2D eigenvalue weighted by Gasteiger charge is -2.23.